The van der Waals surface area contributed by atoms with Crippen molar-refractivity contribution in [2.75, 3.05) is 5.73 Å². The van der Waals surface area contributed by atoms with Crippen molar-refractivity contribution in [2.45, 2.75) is 0 Å². The van der Waals surface area contributed by atoms with Gasteiger partial charge in [0.15, 0.2) is 17.3 Å². The van der Waals surface area contributed by atoms with Gasteiger partial charge in [0.25, 0.3) is 0 Å². The van der Waals surface area contributed by atoms with Crippen molar-refractivity contribution in [3.63, 3.8) is 0 Å². The quantitative estimate of drug-likeness (QED) is 0.700. The van der Waals surface area contributed by atoms with Crippen molar-refractivity contribution in [1.82, 2.24) is 5.16 Å². The predicted molar refractivity (Wildman–Crippen MR) is 57.3 cm³/mol. The Kier molecular flexibility index (Phi) is 2.47. The van der Waals surface area contributed by atoms with Crippen molar-refractivity contribution in [2.24, 2.45) is 0 Å². The summed E-state index contributed by atoms with van der Waals surface area (Å²) in [5, 5.41) is 21.8. The van der Waals surface area contributed by atoms with E-state index in [9.17, 15) is 14.6 Å². The Morgan fingerprint density at radius 3 is 2.69 bits per heavy atom. The van der Waals surface area contributed by atoms with E-state index in [1.807, 2.05) is 0 Å². The zero-order chi connectivity index (χ0) is 11.9. The lowest BCUT2D eigenvalue weighted by Gasteiger charge is -2.07. The van der Waals surface area contributed by atoms with E-state index in [0.717, 1.165) is 6.07 Å². The summed E-state index contributed by atoms with van der Waals surface area (Å²) in [7, 11) is 0. The second-order valence-corrected chi connectivity index (χ2v) is 3.87. The van der Waals surface area contributed by atoms with Gasteiger partial charge in [0, 0.05) is 10.0 Å². The lowest BCUT2D eigenvalue weighted by Crippen LogP contribution is -1.91. The van der Waals surface area contributed by atoms with Crippen LogP contribution in [0.2, 0.25) is 0 Å². The Morgan fingerprint density at radius 1 is 1.44 bits per heavy atom. The molecule has 0 aliphatic rings. The van der Waals surface area contributed by atoms with Crippen molar-refractivity contribution in [3.05, 3.63) is 22.6 Å². The van der Waals surface area contributed by atoms with E-state index in [2.05, 4.69) is 25.6 Å². The van der Waals surface area contributed by atoms with Gasteiger partial charge in [-0.05, 0) is 22.0 Å². The second-order valence-electron chi connectivity index (χ2n) is 3.02. The van der Waals surface area contributed by atoms with Gasteiger partial charge in [0.05, 0.1) is 11.8 Å². The first-order valence-electron chi connectivity index (χ1n) is 4.12. The Bertz CT molecular complexity index is 556. The molecule has 16 heavy (non-hydrogen) atoms. The van der Waals surface area contributed by atoms with E-state index in [1.165, 1.54) is 6.20 Å². The first-order chi connectivity index (χ1) is 7.52. The van der Waals surface area contributed by atoms with Gasteiger partial charge >= 0.3 is 0 Å². The number of hydrogen-bond donors (Lipinski definition) is 3. The highest BCUT2D eigenvalue weighted by atomic mass is 79.9. The molecule has 0 fully saturated rings. The third-order valence-corrected chi connectivity index (χ3v) is 2.67. The fourth-order valence-electron chi connectivity index (χ4n) is 1.28. The zero-order valence-electron chi connectivity index (χ0n) is 7.74. The predicted octanol–water partition coefficient (Wildman–Crippen LogP) is 2.24. The average molecular weight is 289 g/mol. The third-order valence-electron chi connectivity index (χ3n) is 2.04. The van der Waals surface area contributed by atoms with Crippen LogP contribution >= 0.6 is 15.9 Å². The van der Waals surface area contributed by atoms with Gasteiger partial charge in [-0.25, -0.2) is 4.39 Å². The van der Waals surface area contributed by atoms with Crippen LogP contribution in [0.25, 0.3) is 11.1 Å². The molecule has 0 aliphatic heterocycles. The fraction of sp³-hybridized carbons (Fsp3) is 0. The minimum Gasteiger partial charge on any atom is -0.504 e. The molecule has 84 valence electrons. The van der Waals surface area contributed by atoms with Crippen LogP contribution < -0.4 is 5.73 Å². The number of halogens is 2. The van der Waals surface area contributed by atoms with E-state index in [4.69, 9.17) is 5.73 Å². The van der Waals surface area contributed by atoms with Crippen molar-refractivity contribution >= 4 is 21.8 Å². The summed E-state index contributed by atoms with van der Waals surface area (Å²) in [6, 6.07) is 1.15. The van der Waals surface area contributed by atoms with Crippen molar-refractivity contribution in [1.29, 1.82) is 0 Å². The Balaban J connectivity index is 2.76. The van der Waals surface area contributed by atoms with E-state index in [1.54, 1.807) is 0 Å². The molecule has 5 nitrogen and oxygen atoms in total. The molecule has 0 saturated carbocycles. The number of phenols is 2. The monoisotopic (exact) mass is 288 g/mol. The molecule has 0 spiro atoms. The molecular formula is C9H6BrFN2O3. The fourth-order valence-corrected chi connectivity index (χ4v) is 1.88. The van der Waals surface area contributed by atoms with Crippen LogP contribution in [-0.4, -0.2) is 15.4 Å². The van der Waals surface area contributed by atoms with E-state index >= 15 is 0 Å². The van der Waals surface area contributed by atoms with Gasteiger partial charge < -0.3 is 20.5 Å². The molecule has 0 amide bonds. The van der Waals surface area contributed by atoms with Gasteiger partial charge in [0.1, 0.15) is 0 Å². The highest BCUT2D eigenvalue weighted by molar-refractivity contribution is 9.10. The van der Waals surface area contributed by atoms with Crippen LogP contribution in [0.15, 0.2) is 21.3 Å². The number of nitrogen functional groups attached to an aromatic ring is 1. The Labute approximate surface area is 97.4 Å². The zero-order valence-corrected chi connectivity index (χ0v) is 9.32. The molecule has 2 rings (SSSR count). The second kappa shape index (κ2) is 3.67. The number of phenolic OH excluding ortho intramolecular Hbond substituents is 2. The van der Waals surface area contributed by atoms with Crippen LogP contribution in [0.1, 0.15) is 0 Å². The topological polar surface area (TPSA) is 92.5 Å². The lowest BCUT2D eigenvalue weighted by molar-refractivity contribution is 0.379. The van der Waals surface area contributed by atoms with Crippen LogP contribution in [0.3, 0.4) is 0 Å². The molecule has 7 heteroatoms. The highest BCUT2D eigenvalue weighted by Crippen LogP contribution is 2.42. The largest absolute Gasteiger partial charge is 0.504 e. The number of rotatable bonds is 1. The molecule has 4 N–H and O–H groups in total. The number of nitrogens with zero attached hydrogens (tertiary/aromatic N) is 1. The maximum atomic E-state index is 13.7. The maximum Gasteiger partial charge on any atom is 0.230 e. The SMILES string of the molecule is Nc1oncc1-c1c(Br)cc(O)c(O)c1F. The van der Waals surface area contributed by atoms with Gasteiger partial charge in [-0.3, -0.25) is 0 Å². The molecular weight excluding hydrogens is 283 g/mol. The molecule has 2 aromatic rings. The number of hydrogen-bond acceptors (Lipinski definition) is 5. The molecule has 1 aromatic heterocycles. The first kappa shape index (κ1) is 10.7. The summed E-state index contributed by atoms with van der Waals surface area (Å²) >= 11 is 3.05. The lowest BCUT2D eigenvalue weighted by atomic mass is 10.1. The number of aromatic nitrogens is 1. The minimum atomic E-state index is -0.998. The molecule has 1 heterocycles. The number of nitrogens with two attached hydrogens (primary N) is 1. The average Bonchev–Trinajstić information content (AvgIpc) is 2.62. The Hall–Kier alpha value is -1.76. The number of aromatic hydroxyl groups is 2. The number of benzene rings is 1. The minimum absolute atomic E-state index is 0.0194. The van der Waals surface area contributed by atoms with Crippen LogP contribution in [0.4, 0.5) is 10.3 Å². The van der Waals surface area contributed by atoms with Gasteiger partial charge in [0.2, 0.25) is 5.88 Å². The summed E-state index contributed by atoms with van der Waals surface area (Å²) in [6.07, 6.45) is 1.22. The van der Waals surface area contributed by atoms with Gasteiger partial charge in [-0.2, -0.15) is 0 Å². The normalized spacial score (nSPS) is 10.6. The third kappa shape index (κ3) is 1.49. The summed E-state index contributed by atoms with van der Waals surface area (Å²) in [5.74, 6) is -2.49. The molecule has 0 bridgehead atoms. The summed E-state index contributed by atoms with van der Waals surface area (Å²) in [4.78, 5) is 0. The van der Waals surface area contributed by atoms with Crippen LogP contribution in [0, 0.1) is 5.82 Å². The molecule has 0 aliphatic carbocycles. The summed E-state index contributed by atoms with van der Waals surface area (Å²) < 4.78 is 18.5. The first-order valence-corrected chi connectivity index (χ1v) is 4.92. The van der Waals surface area contributed by atoms with Crippen molar-refractivity contribution in [3.8, 4) is 22.6 Å². The van der Waals surface area contributed by atoms with E-state index in [-0.39, 0.29) is 21.5 Å². The van der Waals surface area contributed by atoms with E-state index < -0.39 is 17.3 Å². The van der Waals surface area contributed by atoms with Crippen LogP contribution in [-0.2, 0) is 0 Å². The van der Waals surface area contributed by atoms with Gasteiger partial charge in [-0.15, -0.1) is 0 Å². The molecule has 0 unspecified atom stereocenters. The highest BCUT2D eigenvalue weighted by Gasteiger charge is 2.21. The smallest absolute Gasteiger partial charge is 0.230 e. The maximum absolute atomic E-state index is 13.7. The molecule has 0 radical (unpaired) electrons. The molecule has 0 saturated heterocycles. The Morgan fingerprint density at radius 2 is 2.12 bits per heavy atom. The summed E-state index contributed by atoms with van der Waals surface area (Å²) in [6.45, 7) is 0. The molecule has 1 aromatic carbocycles. The molecule has 0 atom stereocenters. The van der Waals surface area contributed by atoms with Gasteiger partial charge in [-0.1, -0.05) is 5.16 Å². The van der Waals surface area contributed by atoms with Crippen LogP contribution in [0.5, 0.6) is 11.5 Å². The van der Waals surface area contributed by atoms with E-state index in [0.29, 0.717) is 0 Å². The summed E-state index contributed by atoms with van der Waals surface area (Å²) in [5.41, 5.74) is 5.61. The standard InChI is InChI=1S/C9H6BrFN2O3/c10-4-1-5(14)8(15)7(11)6(4)3-2-13-16-9(3)12/h1-2,14-15H,12H2. The van der Waals surface area contributed by atoms with Crippen molar-refractivity contribution < 1.29 is 19.1 Å². The number of anilines is 1.